The smallest absolute Gasteiger partial charge is 0.358 e. The Bertz CT molecular complexity index is 964. The summed E-state index contributed by atoms with van der Waals surface area (Å²) in [5, 5.41) is 0. The molecule has 1 aromatic heterocycles. The molecule has 1 aromatic carbocycles. The van der Waals surface area contributed by atoms with Gasteiger partial charge in [0.2, 0.25) is 0 Å². The first-order chi connectivity index (χ1) is 14.6. The average molecular weight is 408 g/mol. The van der Waals surface area contributed by atoms with E-state index < -0.39 is 5.97 Å². The van der Waals surface area contributed by atoms with Crippen LogP contribution in [0.3, 0.4) is 0 Å². The minimum absolute atomic E-state index is 0.0220. The van der Waals surface area contributed by atoms with Crippen LogP contribution >= 0.6 is 0 Å². The highest BCUT2D eigenvalue weighted by Gasteiger charge is 2.28. The number of carbonyl (C=O) groups is 1. The minimum Gasteiger partial charge on any atom is -0.490 e. The van der Waals surface area contributed by atoms with Gasteiger partial charge in [-0.25, -0.2) is 9.78 Å². The number of ether oxygens (including phenoxy) is 3. The summed E-state index contributed by atoms with van der Waals surface area (Å²) in [6.45, 7) is 5.35. The van der Waals surface area contributed by atoms with Gasteiger partial charge in [0.05, 0.1) is 37.8 Å². The van der Waals surface area contributed by atoms with E-state index in [1.165, 1.54) is 12.7 Å². The lowest BCUT2D eigenvalue weighted by Crippen LogP contribution is -2.15. The summed E-state index contributed by atoms with van der Waals surface area (Å²) in [4.78, 5) is 21.6. The molecule has 4 rings (SSSR count). The van der Waals surface area contributed by atoms with Crippen LogP contribution in [-0.2, 0) is 15.9 Å². The lowest BCUT2D eigenvalue weighted by molar-refractivity contribution is 0.0591. The summed E-state index contributed by atoms with van der Waals surface area (Å²) in [6, 6.07) is 6.14. The molecule has 0 N–H and O–H groups in total. The van der Waals surface area contributed by atoms with Gasteiger partial charge < -0.3 is 14.2 Å². The van der Waals surface area contributed by atoms with Crippen LogP contribution in [-0.4, -0.2) is 42.4 Å². The number of nitrogens with zero attached hydrogens (tertiary/aromatic N) is 2. The third-order valence-electron chi connectivity index (χ3n) is 5.36. The fourth-order valence-electron chi connectivity index (χ4n) is 3.70. The van der Waals surface area contributed by atoms with E-state index in [2.05, 4.69) is 22.1 Å². The van der Waals surface area contributed by atoms with E-state index >= 15 is 0 Å². The van der Waals surface area contributed by atoms with Gasteiger partial charge >= 0.3 is 5.97 Å². The molecule has 30 heavy (non-hydrogen) atoms. The molecule has 2 heterocycles. The van der Waals surface area contributed by atoms with E-state index in [4.69, 9.17) is 14.2 Å². The molecule has 6 heteroatoms. The molecule has 0 bridgehead atoms. The van der Waals surface area contributed by atoms with Crippen LogP contribution in [0.5, 0.6) is 5.75 Å². The van der Waals surface area contributed by atoms with Gasteiger partial charge in [0.15, 0.2) is 5.69 Å². The Morgan fingerprint density at radius 1 is 1.30 bits per heavy atom. The normalized spacial score (nSPS) is 16.3. The molecule has 1 aliphatic carbocycles. The number of hydrogen-bond acceptors (Lipinski definition) is 6. The van der Waals surface area contributed by atoms with Crippen LogP contribution in [0.4, 0.5) is 0 Å². The molecule has 0 spiro atoms. The summed E-state index contributed by atoms with van der Waals surface area (Å²) < 4.78 is 16.7. The van der Waals surface area contributed by atoms with Crippen molar-refractivity contribution in [2.45, 2.75) is 51.6 Å². The molecule has 2 aromatic rings. The van der Waals surface area contributed by atoms with Crippen molar-refractivity contribution >= 4 is 11.5 Å². The lowest BCUT2D eigenvalue weighted by atomic mass is 9.95. The molecule has 0 saturated heterocycles. The van der Waals surface area contributed by atoms with E-state index in [0.717, 1.165) is 41.8 Å². The number of esters is 1. The van der Waals surface area contributed by atoms with Crippen molar-refractivity contribution in [3.8, 4) is 5.75 Å². The molecule has 1 saturated carbocycles. The maximum atomic E-state index is 12.4. The third kappa shape index (κ3) is 4.54. The molecule has 6 nitrogen and oxygen atoms in total. The quantitative estimate of drug-likeness (QED) is 0.636. The highest BCUT2D eigenvalue weighted by Crippen LogP contribution is 2.39. The maximum absolute atomic E-state index is 12.4. The van der Waals surface area contributed by atoms with Gasteiger partial charge in [-0.15, -0.1) is 0 Å². The fraction of sp³-hybridized carbons (Fsp3) is 0.458. The highest BCUT2D eigenvalue weighted by molar-refractivity contribution is 5.88. The minimum atomic E-state index is -0.449. The molecule has 0 amide bonds. The van der Waals surface area contributed by atoms with Crippen LogP contribution in [0, 0.1) is 0 Å². The second kappa shape index (κ2) is 8.96. The molecule has 0 unspecified atom stereocenters. The van der Waals surface area contributed by atoms with Crippen molar-refractivity contribution in [3.05, 3.63) is 58.7 Å². The maximum Gasteiger partial charge on any atom is 0.358 e. The third-order valence-corrected chi connectivity index (χ3v) is 5.36. The van der Waals surface area contributed by atoms with E-state index in [-0.39, 0.29) is 6.10 Å². The van der Waals surface area contributed by atoms with Crippen LogP contribution in [0.15, 0.2) is 30.5 Å². The molecular formula is C24H28N2O4. The van der Waals surface area contributed by atoms with Crippen LogP contribution in [0.25, 0.3) is 5.57 Å². The van der Waals surface area contributed by atoms with Crippen molar-refractivity contribution in [1.29, 1.82) is 0 Å². The molecule has 0 atom stereocenters. The lowest BCUT2D eigenvalue weighted by Gasteiger charge is -2.22. The van der Waals surface area contributed by atoms with E-state index in [9.17, 15) is 4.79 Å². The van der Waals surface area contributed by atoms with Gasteiger partial charge in [-0.05, 0) is 38.7 Å². The average Bonchev–Trinajstić information content (AvgIpc) is 3.60. The first-order valence-corrected chi connectivity index (χ1v) is 10.6. The van der Waals surface area contributed by atoms with Crippen LogP contribution in [0.2, 0.25) is 0 Å². The number of benzene rings is 1. The molecule has 158 valence electrons. The van der Waals surface area contributed by atoms with Gasteiger partial charge in [-0.1, -0.05) is 24.3 Å². The van der Waals surface area contributed by atoms with Gasteiger partial charge in [0.25, 0.3) is 0 Å². The largest absolute Gasteiger partial charge is 0.490 e. The summed E-state index contributed by atoms with van der Waals surface area (Å²) in [5.74, 6) is 0.803. The Kier molecular flexibility index (Phi) is 6.13. The second-order valence-corrected chi connectivity index (χ2v) is 8.05. The second-order valence-electron chi connectivity index (χ2n) is 8.05. The number of para-hydroxylation sites is 1. The van der Waals surface area contributed by atoms with Crippen molar-refractivity contribution < 1.29 is 19.0 Å². The fourth-order valence-corrected chi connectivity index (χ4v) is 3.70. The first-order valence-electron chi connectivity index (χ1n) is 10.6. The molecular weight excluding hydrogens is 380 g/mol. The SMILES string of the molecule is COC(=O)c1nc(C2CC2)cnc1Cc1cccc(C2=CCOCC2)c1OC(C)C. The number of aromatic nitrogens is 2. The Hall–Kier alpha value is -2.73. The van der Waals surface area contributed by atoms with E-state index in [0.29, 0.717) is 36.9 Å². The predicted octanol–water partition coefficient (Wildman–Crippen LogP) is 4.32. The Morgan fingerprint density at radius 3 is 2.80 bits per heavy atom. The number of hydrogen-bond donors (Lipinski definition) is 0. The van der Waals surface area contributed by atoms with Crippen molar-refractivity contribution in [1.82, 2.24) is 9.97 Å². The number of methoxy groups -OCH3 is 1. The summed E-state index contributed by atoms with van der Waals surface area (Å²) in [7, 11) is 1.38. The number of rotatable bonds is 7. The monoisotopic (exact) mass is 408 g/mol. The van der Waals surface area contributed by atoms with Crippen molar-refractivity contribution in [2.75, 3.05) is 20.3 Å². The van der Waals surface area contributed by atoms with Crippen molar-refractivity contribution in [2.24, 2.45) is 0 Å². The van der Waals surface area contributed by atoms with Gasteiger partial charge in [-0.3, -0.25) is 4.98 Å². The molecule has 1 fully saturated rings. The summed E-state index contributed by atoms with van der Waals surface area (Å²) >= 11 is 0. The predicted molar refractivity (Wildman–Crippen MR) is 114 cm³/mol. The summed E-state index contributed by atoms with van der Waals surface area (Å²) in [5.41, 5.74) is 5.06. The van der Waals surface area contributed by atoms with Gasteiger partial charge in [0, 0.05) is 29.7 Å². The molecule has 1 aliphatic heterocycles. The zero-order valence-corrected chi connectivity index (χ0v) is 17.8. The zero-order valence-electron chi connectivity index (χ0n) is 17.8. The van der Waals surface area contributed by atoms with Gasteiger partial charge in [-0.2, -0.15) is 0 Å². The molecule has 2 aliphatic rings. The zero-order chi connectivity index (χ0) is 21.1. The van der Waals surface area contributed by atoms with Crippen LogP contribution < -0.4 is 4.74 Å². The molecule has 0 radical (unpaired) electrons. The first kappa shape index (κ1) is 20.5. The Balaban J connectivity index is 1.73. The van der Waals surface area contributed by atoms with Gasteiger partial charge in [0.1, 0.15) is 5.75 Å². The Morgan fingerprint density at radius 2 is 2.13 bits per heavy atom. The van der Waals surface area contributed by atoms with E-state index in [1.807, 2.05) is 26.0 Å². The summed E-state index contributed by atoms with van der Waals surface area (Å²) in [6.07, 6.45) is 7.42. The Labute approximate surface area is 177 Å². The topological polar surface area (TPSA) is 70.5 Å². The van der Waals surface area contributed by atoms with Crippen molar-refractivity contribution in [3.63, 3.8) is 0 Å². The van der Waals surface area contributed by atoms with Crippen LogP contribution in [0.1, 0.15) is 72.0 Å². The highest BCUT2D eigenvalue weighted by atomic mass is 16.5. The van der Waals surface area contributed by atoms with E-state index in [1.54, 1.807) is 6.20 Å². The standard InChI is InChI=1S/C24H28N2O4/c1-15(2)30-23-18(5-4-6-19(23)16-9-11-29-12-10-16)13-20-22(24(27)28-3)26-21(14-25-20)17-7-8-17/h4-6,9,14-15,17H,7-8,10-13H2,1-3H3. The number of carbonyl (C=O) groups excluding carboxylic acids is 1.